The fraction of sp³-hybridized carbons (Fsp3) is 0.256. The van der Waals surface area contributed by atoms with E-state index >= 15 is 0 Å². The van der Waals surface area contributed by atoms with Crippen molar-refractivity contribution >= 4 is 29.8 Å². The van der Waals surface area contributed by atoms with Crippen LogP contribution in [0.4, 0.5) is 0 Å². The van der Waals surface area contributed by atoms with Gasteiger partial charge in [0.1, 0.15) is 0 Å². The van der Waals surface area contributed by atoms with Crippen molar-refractivity contribution in [2.75, 3.05) is 0 Å². The second-order valence-electron chi connectivity index (χ2n) is 14.4. The molecule has 42 heavy (non-hydrogen) atoms. The van der Waals surface area contributed by atoms with Crippen molar-refractivity contribution in [3.8, 4) is 11.1 Å². The minimum atomic E-state index is -2.89. The van der Waals surface area contributed by atoms with Gasteiger partial charge in [-0.15, -0.1) is 0 Å². The van der Waals surface area contributed by atoms with Gasteiger partial charge in [0, 0.05) is 0 Å². The van der Waals surface area contributed by atoms with Crippen LogP contribution in [-0.2, 0) is 21.0 Å². The van der Waals surface area contributed by atoms with Crippen LogP contribution in [0.25, 0.3) is 11.1 Å². The summed E-state index contributed by atoms with van der Waals surface area (Å²) in [5, 5.41) is 3.08. The van der Waals surface area contributed by atoms with Crippen LogP contribution in [0.2, 0.25) is 39.3 Å². The van der Waals surface area contributed by atoms with Gasteiger partial charge in [-0.2, -0.15) is 0 Å². The summed E-state index contributed by atoms with van der Waals surface area (Å²) >= 11 is -2.89. The molecule has 0 aromatic heterocycles. The Morgan fingerprint density at radius 2 is 1.07 bits per heavy atom. The molecule has 2 aliphatic carbocycles. The van der Waals surface area contributed by atoms with Crippen molar-refractivity contribution in [1.82, 2.24) is 0 Å². The van der Waals surface area contributed by atoms with E-state index in [0.29, 0.717) is 3.67 Å². The van der Waals surface area contributed by atoms with Gasteiger partial charge in [-0.3, -0.25) is 0 Å². The van der Waals surface area contributed by atoms with Gasteiger partial charge in [0.25, 0.3) is 0 Å². The van der Waals surface area contributed by atoms with Crippen molar-refractivity contribution in [2.24, 2.45) is 0 Å². The van der Waals surface area contributed by atoms with E-state index in [2.05, 4.69) is 156 Å². The average Bonchev–Trinajstić information content (AvgIpc) is 3.57. The van der Waals surface area contributed by atoms with Gasteiger partial charge < -0.3 is 0 Å². The van der Waals surface area contributed by atoms with Crippen LogP contribution in [0, 0.1) is 13.8 Å². The molecule has 0 heterocycles. The molecule has 0 saturated heterocycles. The van der Waals surface area contributed by atoms with E-state index < -0.39 is 37.1 Å². The third-order valence-corrected chi connectivity index (χ3v) is 25.3. The fourth-order valence-corrected chi connectivity index (χ4v) is 22.1. The quantitative estimate of drug-likeness (QED) is 0.173. The number of aryl methyl sites for hydroxylation is 2. The van der Waals surface area contributed by atoms with Crippen LogP contribution >= 0.6 is 0 Å². The molecule has 212 valence electrons. The van der Waals surface area contributed by atoms with Gasteiger partial charge in [-0.05, 0) is 0 Å². The number of hydrogen-bond donors (Lipinski definition) is 0. The first-order valence-corrected chi connectivity index (χ1v) is 28.1. The first-order chi connectivity index (χ1) is 19.9. The average molecular weight is 747 g/mol. The molecule has 0 atom stereocenters. The first kappa shape index (κ1) is 29.6. The van der Waals surface area contributed by atoms with E-state index in [1.165, 1.54) is 43.8 Å². The first-order valence-electron chi connectivity index (χ1n) is 15.5. The Balaban J connectivity index is 1.69. The van der Waals surface area contributed by atoms with Gasteiger partial charge in [0.05, 0.1) is 0 Å². The molecule has 0 amide bonds. The van der Waals surface area contributed by atoms with E-state index in [-0.39, 0.29) is 0 Å². The van der Waals surface area contributed by atoms with Gasteiger partial charge in [-0.25, -0.2) is 0 Å². The van der Waals surface area contributed by atoms with Crippen LogP contribution in [-0.4, -0.2) is 19.4 Å². The summed E-state index contributed by atoms with van der Waals surface area (Å²) in [7, 11) is -2.79. The van der Waals surface area contributed by atoms with E-state index in [0.717, 1.165) is 6.42 Å². The van der Waals surface area contributed by atoms with Crippen molar-refractivity contribution < 1.29 is 21.0 Å². The third-order valence-electron chi connectivity index (χ3n) is 9.08. The van der Waals surface area contributed by atoms with E-state index in [4.69, 9.17) is 0 Å². The van der Waals surface area contributed by atoms with Crippen molar-refractivity contribution in [1.29, 1.82) is 0 Å². The predicted octanol–water partition coefficient (Wildman–Crippen LogP) is 9.19. The number of benzene rings is 4. The Kier molecular flexibility index (Phi) is 7.91. The number of rotatable bonds is 6. The fourth-order valence-electron chi connectivity index (χ4n) is 6.70. The number of allylic oxidation sites excluding steroid dienone is 4. The molecule has 0 saturated carbocycles. The standard InChI is InChI=1S/C19H26Si2.C15H13.C5H5.Hf/c1-20(2,3)18-11-7-16(8-12-18)15-17-9-13-19(14-10-17)21(4,5)6;1-10-3-5-14-12(7-10)9-13-8-11(2)4-6-15(13)14;1-2-4-5-3-1;/h7-14H,1-6H3;3-9H,1-2H3;1-3H,4H2;. The Morgan fingerprint density at radius 3 is 1.45 bits per heavy atom. The summed E-state index contributed by atoms with van der Waals surface area (Å²) in [6.07, 6.45) is 8.32. The molecule has 2 aliphatic rings. The van der Waals surface area contributed by atoms with E-state index in [1.807, 2.05) is 0 Å². The maximum atomic E-state index is 2.52. The summed E-state index contributed by atoms with van der Waals surface area (Å²) in [6, 6.07) is 34.2. The molecule has 0 fully saturated rings. The summed E-state index contributed by atoms with van der Waals surface area (Å²) in [4.78, 5) is 0. The number of hydrogen-bond acceptors (Lipinski definition) is 0. The molecule has 0 spiro atoms. The van der Waals surface area contributed by atoms with Gasteiger partial charge in [0.15, 0.2) is 0 Å². The molecule has 0 nitrogen and oxygen atoms in total. The molecule has 0 unspecified atom stereocenters. The van der Waals surface area contributed by atoms with Crippen molar-refractivity contribution in [2.45, 2.75) is 63.2 Å². The molecule has 4 aromatic rings. The van der Waals surface area contributed by atoms with Crippen molar-refractivity contribution in [3.63, 3.8) is 0 Å². The molecular formula is C39H44HfSi2. The zero-order chi connectivity index (χ0) is 29.8. The third kappa shape index (κ3) is 5.61. The Bertz CT molecular complexity index is 1640. The second kappa shape index (κ2) is 11.2. The normalized spacial score (nSPS) is 14.5. The number of fused-ring (bicyclic) bond motifs is 3. The summed E-state index contributed by atoms with van der Waals surface area (Å²) in [6.45, 7) is 19.3. The summed E-state index contributed by atoms with van der Waals surface area (Å²) in [5.74, 6) is 0. The monoisotopic (exact) mass is 748 g/mol. The SMILES string of the molecule is Cc1ccc2c(c1)[CH]([Hf]([C]1=CC=CC1)=[C](c1ccc([Si](C)(C)C)cc1)c1ccc([Si](C)(C)C)cc1)c1cc(C)ccc1-2. The van der Waals surface area contributed by atoms with E-state index in [9.17, 15) is 0 Å². The topological polar surface area (TPSA) is 0 Å². The molecule has 0 radical (unpaired) electrons. The van der Waals surface area contributed by atoms with Crippen LogP contribution in [0.5, 0.6) is 0 Å². The molecular weight excluding hydrogens is 703 g/mol. The van der Waals surface area contributed by atoms with Crippen LogP contribution in [0.15, 0.2) is 106 Å². The van der Waals surface area contributed by atoms with Crippen LogP contribution < -0.4 is 10.4 Å². The summed E-state index contributed by atoms with van der Waals surface area (Å²) in [5.41, 5.74) is 11.7. The Morgan fingerprint density at radius 1 is 0.619 bits per heavy atom. The van der Waals surface area contributed by atoms with Crippen LogP contribution in [0.1, 0.15) is 43.5 Å². The molecule has 6 rings (SSSR count). The second-order valence-corrected chi connectivity index (χ2v) is 33.7. The Hall–Kier alpha value is -2.47. The molecule has 4 aromatic carbocycles. The Labute approximate surface area is 263 Å². The molecule has 0 aliphatic heterocycles. The minimum absolute atomic E-state index is 0.481. The van der Waals surface area contributed by atoms with Crippen molar-refractivity contribution in [3.05, 3.63) is 140 Å². The van der Waals surface area contributed by atoms with Gasteiger partial charge in [0.2, 0.25) is 0 Å². The zero-order valence-corrected chi connectivity index (χ0v) is 32.2. The van der Waals surface area contributed by atoms with Crippen LogP contribution in [0.3, 0.4) is 0 Å². The van der Waals surface area contributed by atoms with E-state index in [1.54, 1.807) is 17.7 Å². The molecule has 0 N–H and O–H groups in total. The summed E-state index contributed by atoms with van der Waals surface area (Å²) < 4.78 is 3.88. The molecule has 3 heteroatoms. The zero-order valence-electron chi connectivity index (χ0n) is 26.6. The van der Waals surface area contributed by atoms with Gasteiger partial charge >= 0.3 is 265 Å². The van der Waals surface area contributed by atoms with Gasteiger partial charge in [-0.1, -0.05) is 0 Å². The maximum absolute atomic E-state index is 2.89. The predicted molar refractivity (Wildman–Crippen MR) is 187 cm³/mol. The molecule has 0 bridgehead atoms.